The summed E-state index contributed by atoms with van der Waals surface area (Å²) in [6.07, 6.45) is 1.01. The molecular formula is C21H25ClN2O2. The molecule has 0 bridgehead atoms. The van der Waals surface area contributed by atoms with Gasteiger partial charge in [0.15, 0.2) is 0 Å². The Labute approximate surface area is 160 Å². The number of amides is 2. The summed E-state index contributed by atoms with van der Waals surface area (Å²) in [5.41, 5.74) is 4.13. The van der Waals surface area contributed by atoms with E-state index in [4.69, 9.17) is 11.6 Å². The van der Waals surface area contributed by atoms with Crippen LogP contribution in [0.15, 0.2) is 42.5 Å². The van der Waals surface area contributed by atoms with E-state index in [1.165, 1.54) is 11.1 Å². The van der Waals surface area contributed by atoms with Crippen molar-refractivity contribution >= 4 is 23.4 Å². The van der Waals surface area contributed by atoms with Gasteiger partial charge in [0.1, 0.15) is 0 Å². The maximum atomic E-state index is 12.3. The molecule has 0 unspecified atom stereocenters. The van der Waals surface area contributed by atoms with Crippen molar-refractivity contribution in [2.75, 3.05) is 13.6 Å². The van der Waals surface area contributed by atoms with Crippen LogP contribution in [0.2, 0.25) is 5.02 Å². The van der Waals surface area contributed by atoms with Gasteiger partial charge in [-0.1, -0.05) is 35.4 Å². The van der Waals surface area contributed by atoms with E-state index in [0.717, 1.165) is 5.56 Å². The number of carbonyl (C=O) groups excluding carboxylic acids is 2. The fourth-order valence-electron chi connectivity index (χ4n) is 2.70. The number of nitrogens with one attached hydrogen (secondary N) is 1. The highest BCUT2D eigenvalue weighted by molar-refractivity contribution is 6.30. The second-order valence-electron chi connectivity index (χ2n) is 6.55. The van der Waals surface area contributed by atoms with Gasteiger partial charge in [0.25, 0.3) is 5.91 Å². The first kappa shape index (κ1) is 20.0. The fraction of sp³-hybridized carbons (Fsp3) is 0.333. The predicted octanol–water partition coefficient (Wildman–Crippen LogP) is 4.13. The minimum atomic E-state index is -0.155. The summed E-state index contributed by atoms with van der Waals surface area (Å²) in [7, 11) is 1.81. The van der Waals surface area contributed by atoms with Gasteiger partial charge in [0.2, 0.25) is 5.91 Å². The SMILES string of the molecule is Cc1ccc(CN(C)C(=O)CCCNC(=O)c2ccc(Cl)cc2)c(C)c1. The second-order valence-corrected chi connectivity index (χ2v) is 6.98. The molecule has 2 aromatic carbocycles. The van der Waals surface area contributed by atoms with Crippen LogP contribution in [-0.4, -0.2) is 30.3 Å². The minimum absolute atomic E-state index is 0.0747. The van der Waals surface area contributed by atoms with Gasteiger partial charge < -0.3 is 10.2 Å². The first-order chi connectivity index (χ1) is 12.4. The first-order valence-corrected chi connectivity index (χ1v) is 9.08. The largest absolute Gasteiger partial charge is 0.352 e. The molecule has 4 nitrogen and oxygen atoms in total. The van der Waals surface area contributed by atoms with Crippen LogP contribution < -0.4 is 5.32 Å². The lowest BCUT2D eigenvalue weighted by Crippen LogP contribution is -2.29. The number of hydrogen-bond acceptors (Lipinski definition) is 2. The Morgan fingerprint density at radius 2 is 1.77 bits per heavy atom. The lowest BCUT2D eigenvalue weighted by Gasteiger charge is -2.19. The summed E-state index contributed by atoms with van der Waals surface area (Å²) < 4.78 is 0. The van der Waals surface area contributed by atoms with Crippen LogP contribution in [0.5, 0.6) is 0 Å². The van der Waals surface area contributed by atoms with E-state index in [9.17, 15) is 9.59 Å². The molecule has 2 rings (SSSR count). The number of benzene rings is 2. The van der Waals surface area contributed by atoms with Gasteiger partial charge in [0.05, 0.1) is 0 Å². The molecule has 0 fully saturated rings. The van der Waals surface area contributed by atoms with E-state index in [2.05, 4.69) is 37.4 Å². The van der Waals surface area contributed by atoms with Gasteiger partial charge >= 0.3 is 0 Å². The number of hydrogen-bond donors (Lipinski definition) is 1. The second kappa shape index (κ2) is 9.39. The maximum Gasteiger partial charge on any atom is 0.251 e. The molecule has 0 saturated carbocycles. The molecule has 0 heterocycles. The molecule has 0 spiro atoms. The third-order valence-electron chi connectivity index (χ3n) is 4.29. The summed E-state index contributed by atoms with van der Waals surface area (Å²) in [5, 5.41) is 3.42. The van der Waals surface area contributed by atoms with Crippen LogP contribution in [0.3, 0.4) is 0 Å². The Balaban J connectivity index is 1.74. The van der Waals surface area contributed by atoms with E-state index in [1.54, 1.807) is 29.2 Å². The molecule has 0 aliphatic rings. The molecule has 0 saturated heterocycles. The van der Waals surface area contributed by atoms with E-state index >= 15 is 0 Å². The highest BCUT2D eigenvalue weighted by Gasteiger charge is 2.11. The Morgan fingerprint density at radius 1 is 1.08 bits per heavy atom. The lowest BCUT2D eigenvalue weighted by molar-refractivity contribution is -0.130. The van der Waals surface area contributed by atoms with Gasteiger partial charge in [-0.05, 0) is 55.7 Å². The first-order valence-electron chi connectivity index (χ1n) is 8.70. The van der Waals surface area contributed by atoms with Crippen molar-refractivity contribution in [2.45, 2.75) is 33.2 Å². The minimum Gasteiger partial charge on any atom is -0.352 e. The highest BCUT2D eigenvalue weighted by atomic mass is 35.5. The standard InChI is InChI=1S/C21H25ClN2O2/c1-15-6-7-18(16(2)13-15)14-24(3)20(25)5-4-12-23-21(26)17-8-10-19(22)11-9-17/h6-11,13H,4-5,12,14H2,1-3H3,(H,23,26). The normalized spacial score (nSPS) is 10.5. The third kappa shape index (κ3) is 5.88. The van der Waals surface area contributed by atoms with Crippen molar-refractivity contribution in [1.29, 1.82) is 0 Å². The molecule has 2 aromatic rings. The highest BCUT2D eigenvalue weighted by Crippen LogP contribution is 2.13. The molecule has 0 aliphatic heterocycles. The van der Waals surface area contributed by atoms with Crippen LogP contribution in [0.25, 0.3) is 0 Å². The molecule has 0 aromatic heterocycles. The summed E-state index contributed by atoms with van der Waals surface area (Å²) in [4.78, 5) is 26.0. The topological polar surface area (TPSA) is 49.4 Å². The van der Waals surface area contributed by atoms with Crippen molar-refractivity contribution < 1.29 is 9.59 Å². The Bertz CT molecular complexity index is 772. The summed E-state index contributed by atoms with van der Waals surface area (Å²) >= 11 is 5.81. The molecule has 0 aliphatic carbocycles. The number of carbonyl (C=O) groups is 2. The Morgan fingerprint density at radius 3 is 2.42 bits per heavy atom. The molecule has 2 amide bonds. The van der Waals surface area contributed by atoms with E-state index < -0.39 is 0 Å². The van der Waals surface area contributed by atoms with Crippen molar-refractivity contribution in [3.8, 4) is 0 Å². The third-order valence-corrected chi connectivity index (χ3v) is 4.54. The Hall–Kier alpha value is -2.33. The molecule has 0 radical (unpaired) electrons. The monoisotopic (exact) mass is 372 g/mol. The average molecular weight is 373 g/mol. The van der Waals surface area contributed by atoms with Gasteiger partial charge in [-0.3, -0.25) is 9.59 Å². The smallest absolute Gasteiger partial charge is 0.251 e. The predicted molar refractivity (Wildman–Crippen MR) is 105 cm³/mol. The van der Waals surface area contributed by atoms with Crippen LogP contribution in [-0.2, 0) is 11.3 Å². The zero-order chi connectivity index (χ0) is 19.1. The lowest BCUT2D eigenvalue weighted by atomic mass is 10.1. The molecule has 26 heavy (non-hydrogen) atoms. The average Bonchev–Trinajstić information content (AvgIpc) is 2.61. The Kier molecular flexibility index (Phi) is 7.22. The summed E-state index contributed by atoms with van der Waals surface area (Å²) in [6.45, 7) is 5.18. The molecular weight excluding hydrogens is 348 g/mol. The number of nitrogens with zero attached hydrogens (tertiary/aromatic N) is 1. The van der Waals surface area contributed by atoms with Crippen LogP contribution in [0, 0.1) is 13.8 Å². The van der Waals surface area contributed by atoms with Gasteiger partial charge in [-0.25, -0.2) is 0 Å². The zero-order valence-corrected chi connectivity index (χ0v) is 16.3. The molecule has 1 N–H and O–H groups in total. The summed E-state index contributed by atoms with van der Waals surface area (Å²) in [5.74, 6) is -0.0801. The van der Waals surface area contributed by atoms with E-state index in [-0.39, 0.29) is 11.8 Å². The van der Waals surface area contributed by atoms with Gasteiger partial charge in [-0.2, -0.15) is 0 Å². The molecule has 138 valence electrons. The zero-order valence-electron chi connectivity index (χ0n) is 15.5. The van der Waals surface area contributed by atoms with Gasteiger partial charge in [0, 0.05) is 37.1 Å². The van der Waals surface area contributed by atoms with Crippen molar-refractivity contribution in [3.63, 3.8) is 0 Å². The van der Waals surface area contributed by atoms with E-state index in [0.29, 0.717) is 36.5 Å². The van der Waals surface area contributed by atoms with Gasteiger partial charge in [-0.15, -0.1) is 0 Å². The van der Waals surface area contributed by atoms with Crippen molar-refractivity contribution in [3.05, 3.63) is 69.7 Å². The number of rotatable bonds is 7. The fourth-order valence-corrected chi connectivity index (χ4v) is 2.83. The van der Waals surface area contributed by atoms with E-state index in [1.807, 2.05) is 7.05 Å². The maximum absolute atomic E-state index is 12.3. The van der Waals surface area contributed by atoms with Crippen molar-refractivity contribution in [1.82, 2.24) is 10.2 Å². The molecule has 5 heteroatoms. The van der Waals surface area contributed by atoms with Crippen molar-refractivity contribution in [2.24, 2.45) is 0 Å². The van der Waals surface area contributed by atoms with Crippen LogP contribution in [0.1, 0.15) is 39.9 Å². The van der Waals surface area contributed by atoms with Crippen LogP contribution in [0.4, 0.5) is 0 Å². The number of aryl methyl sites for hydroxylation is 2. The summed E-state index contributed by atoms with van der Waals surface area (Å²) in [6, 6.07) is 13.0. The van der Waals surface area contributed by atoms with Crippen LogP contribution >= 0.6 is 11.6 Å². The quantitative estimate of drug-likeness (QED) is 0.743. The molecule has 0 atom stereocenters. The number of halogens is 1.